The average Bonchev–Trinajstić information content (AvgIpc) is 3.55. The van der Waals surface area contributed by atoms with Crippen molar-refractivity contribution in [2.24, 2.45) is 0 Å². The van der Waals surface area contributed by atoms with Gasteiger partial charge in [-0.1, -0.05) is 12.1 Å². The lowest BCUT2D eigenvalue weighted by Crippen LogP contribution is -2.45. The van der Waals surface area contributed by atoms with Crippen LogP contribution >= 0.6 is 11.3 Å². The molecule has 0 unspecified atom stereocenters. The summed E-state index contributed by atoms with van der Waals surface area (Å²) in [6.45, 7) is 2.68. The molecule has 2 atom stereocenters. The van der Waals surface area contributed by atoms with Crippen molar-refractivity contribution in [1.82, 2.24) is 10.2 Å². The van der Waals surface area contributed by atoms with E-state index in [0.29, 0.717) is 34.8 Å². The van der Waals surface area contributed by atoms with Gasteiger partial charge < -0.3 is 15.4 Å². The quantitative estimate of drug-likeness (QED) is 0.617. The molecular weight excluding hydrogens is 454 g/mol. The van der Waals surface area contributed by atoms with Crippen LogP contribution in [0.15, 0.2) is 24.3 Å². The van der Waals surface area contributed by atoms with Crippen molar-refractivity contribution in [3.8, 4) is 0 Å². The van der Waals surface area contributed by atoms with Gasteiger partial charge in [0.05, 0.1) is 22.8 Å². The van der Waals surface area contributed by atoms with Gasteiger partial charge in [-0.25, -0.2) is 0 Å². The molecule has 0 bridgehead atoms. The highest BCUT2D eigenvalue weighted by molar-refractivity contribution is 7.17. The molecule has 0 saturated carbocycles. The predicted molar refractivity (Wildman–Crippen MR) is 127 cm³/mol. The van der Waals surface area contributed by atoms with Gasteiger partial charge in [0.2, 0.25) is 5.91 Å². The third-order valence-electron chi connectivity index (χ3n) is 6.74. The van der Waals surface area contributed by atoms with E-state index in [1.54, 1.807) is 24.3 Å². The first-order valence-electron chi connectivity index (χ1n) is 11.8. The van der Waals surface area contributed by atoms with Gasteiger partial charge in [0, 0.05) is 18.0 Å². The normalized spacial score (nSPS) is 20.1. The van der Waals surface area contributed by atoms with Gasteiger partial charge in [0.1, 0.15) is 11.0 Å². The summed E-state index contributed by atoms with van der Waals surface area (Å²) in [5, 5.41) is 6.31. The van der Waals surface area contributed by atoms with E-state index in [1.165, 1.54) is 18.3 Å². The number of aryl methyl sites for hydroxylation is 1. The Morgan fingerprint density at radius 1 is 1.12 bits per heavy atom. The van der Waals surface area contributed by atoms with E-state index >= 15 is 0 Å². The topological polar surface area (TPSA) is 105 Å². The number of carbonyl (C=O) groups is 4. The number of hydrogen-bond donors (Lipinski definition) is 2. The van der Waals surface area contributed by atoms with Crippen molar-refractivity contribution < 1.29 is 23.9 Å². The van der Waals surface area contributed by atoms with Gasteiger partial charge >= 0.3 is 0 Å². The highest BCUT2D eigenvalue weighted by atomic mass is 32.1. The Labute approximate surface area is 201 Å². The van der Waals surface area contributed by atoms with E-state index in [-0.39, 0.29) is 12.0 Å². The molecule has 1 fully saturated rings. The molecule has 34 heavy (non-hydrogen) atoms. The molecule has 178 valence electrons. The van der Waals surface area contributed by atoms with Crippen LogP contribution in [0.5, 0.6) is 0 Å². The molecule has 0 radical (unpaired) electrons. The zero-order chi connectivity index (χ0) is 23.8. The van der Waals surface area contributed by atoms with Gasteiger partial charge in [-0.15, -0.1) is 11.3 Å². The molecule has 5 rings (SSSR count). The highest BCUT2D eigenvalue weighted by Gasteiger charge is 2.41. The maximum atomic E-state index is 13.2. The Bertz CT molecular complexity index is 1130. The van der Waals surface area contributed by atoms with Crippen LogP contribution < -0.4 is 10.6 Å². The zero-order valence-electron chi connectivity index (χ0n) is 19.0. The van der Waals surface area contributed by atoms with Crippen molar-refractivity contribution in [3.05, 3.63) is 51.4 Å². The lowest BCUT2D eigenvalue weighted by molar-refractivity contribution is -0.119. The van der Waals surface area contributed by atoms with Gasteiger partial charge in [-0.2, -0.15) is 0 Å². The second-order valence-electron chi connectivity index (χ2n) is 8.95. The molecule has 3 aliphatic rings. The molecule has 2 aliphatic heterocycles. The molecule has 9 heteroatoms. The molecule has 1 saturated heterocycles. The molecule has 2 N–H and O–H groups in total. The number of fused-ring (bicyclic) bond motifs is 2. The van der Waals surface area contributed by atoms with Crippen molar-refractivity contribution >= 4 is 40.0 Å². The third-order valence-corrected chi connectivity index (χ3v) is 7.95. The number of nitrogens with zero attached hydrogens (tertiary/aromatic N) is 1. The van der Waals surface area contributed by atoms with Crippen LogP contribution in [-0.2, 0) is 22.4 Å². The molecule has 0 spiro atoms. The number of imide groups is 1. The van der Waals surface area contributed by atoms with Crippen LogP contribution in [0, 0.1) is 0 Å². The van der Waals surface area contributed by atoms with Crippen molar-refractivity contribution in [2.45, 2.75) is 57.6 Å². The van der Waals surface area contributed by atoms with Gasteiger partial charge in [-0.05, 0) is 63.1 Å². The summed E-state index contributed by atoms with van der Waals surface area (Å²) < 4.78 is 5.61. The summed E-state index contributed by atoms with van der Waals surface area (Å²) in [5.41, 5.74) is 2.09. The maximum Gasteiger partial charge on any atom is 0.262 e. The average molecular weight is 482 g/mol. The van der Waals surface area contributed by atoms with Crippen LogP contribution in [0.4, 0.5) is 5.00 Å². The van der Waals surface area contributed by atoms with Crippen LogP contribution in [0.3, 0.4) is 0 Å². The molecule has 1 aromatic heterocycles. The van der Waals surface area contributed by atoms with E-state index in [2.05, 4.69) is 10.6 Å². The number of ether oxygens (including phenoxy) is 1. The minimum absolute atomic E-state index is 0.0188. The Hall–Kier alpha value is -3.04. The number of nitrogens with one attached hydrogen (secondary N) is 2. The lowest BCUT2D eigenvalue weighted by Gasteiger charge is -2.21. The third kappa shape index (κ3) is 4.03. The highest BCUT2D eigenvalue weighted by Crippen LogP contribution is 2.38. The fourth-order valence-corrected chi connectivity index (χ4v) is 6.18. The van der Waals surface area contributed by atoms with Crippen molar-refractivity contribution in [3.63, 3.8) is 0 Å². The first-order valence-corrected chi connectivity index (χ1v) is 12.6. The summed E-state index contributed by atoms with van der Waals surface area (Å²) in [7, 11) is 0. The minimum Gasteiger partial charge on any atom is -0.376 e. The summed E-state index contributed by atoms with van der Waals surface area (Å²) >= 11 is 1.41. The number of carbonyl (C=O) groups excluding carboxylic acids is 4. The Morgan fingerprint density at radius 2 is 1.82 bits per heavy atom. The van der Waals surface area contributed by atoms with Crippen LogP contribution in [0.2, 0.25) is 0 Å². The van der Waals surface area contributed by atoms with E-state index in [1.807, 2.05) is 0 Å². The summed E-state index contributed by atoms with van der Waals surface area (Å²) in [4.78, 5) is 54.1. The Morgan fingerprint density at radius 3 is 2.50 bits per heavy atom. The minimum atomic E-state index is -1.02. The molecule has 2 aromatic rings. The molecular formula is C25H27N3O5S. The summed E-state index contributed by atoms with van der Waals surface area (Å²) in [6.07, 6.45) is 5.63. The van der Waals surface area contributed by atoms with E-state index in [0.717, 1.165) is 53.9 Å². The molecule has 1 aromatic carbocycles. The molecule has 8 nitrogen and oxygen atoms in total. The fourth-order valence-electron chi connectivity index (χ4n) is 4.89. The molecule has 1 aliphatic carbocycles. The van der Waals surface area contributed by atoms with Crippen molar-refractivity contribution in [1.29, 1.82) is 0 Å². The van der Waals surface area contributed by atoms with Gasteiger partial charge in [-0.3, -0.25) is 24.1 Å². The SMILES string of the molecule is C[C@H](C(=O)Nc1sc2c(c1C(=O)NC[C@@H]1CCCO1)CCCC2)N1C(=O)c2ccccc2C1=O. The number of anilines is 1. The zero-order valence-corrected chi connectivity index (χ0v) is 19.8. The van der Waals surface area contributed by atoms with Crippen molar-refractivity contribution in [2.75, 3.05) is 18.5 Å². The molecule has 3 heterocycles. The Kier molecular flexibility index (Phi) is 6.22. The first kappa shape index (κ1) is 22.7. The number of benzene rings is 1. The fraction of sp³-hybridized carbons (Fsp3) is 0.440. The maximum absolute atomic E-state index is 13.2. The standard InChI is InChI=1S/C25H27N3O5S/c1-14(28-24(31)16-8-2-3-9-17(16)25(28)32)21(29)27-23-20(18-10-4-5-11-19(18)34-23)22(30)26-13-15-7-6-12-33-15/h2-3,8-9,14-15H,4-7,10-13H2,1H3,(H,26,30)(H,27,29)/t14-,15+/m1/s1. The number of thiophene rings is 1. The van der Waals surface area contributed by atoms with Crippen LogP contribution in [0.25, 0.3) is 0 Å². The number of rotatable bonds is 6. The summed E-state index contributed by atoms with van der Waals surface area (Å²) in [5.74, 6) is -1.69. The Balaban J connectivity index is 1.36. The number of hydrogen-bond acceptors (Lipinski definition) is 6. The summed E-state index contributed by atoms with van der Waals surface area (Å²) in [6, 6.07) is 5.54. The van der Waals surface area contributed by atoms with E-state index in [9.17, 15) is 19.2 Å². The number of amides is 4. The first-order chi connectivity index (χ1) is 16.5. The van der Waals surface area contributed by atoms with E-state index < -0.39 is 23.8 Å². The van der Waals surface area contributed by atoms with Gasteiger partial charge in [0.15, 0.2) is 0 Å². The second kappa shape index (κ2) is 9.31. The predicted octanol–water partition coefficient (Wildman–Crippen LogP) is 3.16. The van der Waals surface area contributed by atoms with Gasteiger partial charge in [0.25, 0.3) is 17.7 Å². The largest absolute Gasteiger partial charge is 0.376 e. The van der Waals surface area contributed by atoms with Crippen LogP contribution in [-0.4, -0.2) is 53.8 Å². The smallest absolute Gasteiger partial charge is 0.262 e. The lowest BCUT2D eigenvalue weighted by atomic mass is 9.95. The van der Waals surface area contributed by atoms with E-state index in [4.69, 9.17) is 4.74 Å². The molecule has 4 amide bonds. The monoisotopic (exact) mass is 481 g/mol. The van der Waals surface area contributed by atoms with Crippen LogP contribution in [0.1, 0.15) is 74.1 Å². The second-order valence-corrected chi connectivity index (χ2v) is 10.1.